The van der Waals surface area contributed by atoms with Crippen molar-refractivity contribution in [2.45, 2.75) is 26.0 Å². The third-order valence-electron chi connectivity index (χ3n) is 3.72. The van der Waals surface area contributed by atoms with Crippen LogP contribution in [-0.2, 0) is 11.3 Å². The van der Waals surface area contributed by atoms with Gasteiger partial charge in [0.25, 0.3) is 5.91 Å². The molecule has 0 aliphatic heterocycles. The monoisotopic (exact) mass is 433 g/mol. The Bertz CT molecular complexity index is 915. The number of nitrogens with one attached hydrogen (secondary N) is 1. The molecule has 3 aromatic rings. The van der Waals surface area contributed by atoms with E-state index in [4.69, 9.17) is 9.26 Å². The Morgan fingerprint density at radius 2 is 2.07 bits per heavy atom. The van der Waals surface area contributed by atoms with Crippen LogP contribution in [0.15, 0.2) is 57.5 Å². The Hall–Kier alpha value is -2.74. The van der Waals surface area contributed by atoms with Crippen LogP contribution in [0.1, 0.15) is 19.2 Å². The van der Waals surface area contributed by atoms with E-state index in [-0.39, 0.29) is 24.2 Å². The molecule has 0 unspecified atom stereocenters. The highest BCUT2D eigenvalue weighted by atomic mass is 79.9. The number of ether oxygens (including phenoxy) is 1. The largest absolute Gasteiger partial charge is 0.481 e. The van der Waals surface area contributed by atoms with Crippen molar-refractivity contribution in [3.05, 3.63) is 64.7 Å². The molecule has 6 nitrogen and oxygen atoms in total. The second-order valence-corrected chi connectivity index (χ2v) is 6.62. The van der Waals surface area contributed by atoms with Crippen molar-refractivity contribution in [3.8, 4) is 17.1 Å². The van der Waals surface area contributed by atoms with E-state index >= 15 is 0 Å². The maximum Gasteiger partial charge on any atom is 0.261 e. The highest BCUT2D eigenvalue weighted by Crippen LogP contribution is 2.20. The van der Waals surface area contributed by atoms with Crippen molar-refractivity contribution < 1.29 is 18.4 Å². The fraction of sp³-hybridized carbons (Fsp3) is 0.211. The van der Waals surface area contributed by atoms with E-state index in [1.54, 1.807) is 0 Å². The summed E-state index contributed by atoms with van der Waals surface area (Å²) in [5, 5.41) is 6.64. The second kappa shape index (κ2) is 8.77. The summed E-state index contributed by atoms with van der Waals surface area (Å²) in [4.78, 5) is 16.6. The molecule has 1 atom stereocenters. The molecule has 1 amide bonds. The molecular weight excluding hydrogens is 417 g/mol. The van der Waals surface area contributed by atoms with E-state index in [0.717, 1.165) is 10.0 Å². The predicted molar refractivity (Wildman–Crippen MR) is 100 cm³/mol. The van der Waals surface area contributed by atoms with Gasteiger partial charge in [0, 0.05) is 10.0 Å². The second-order valence-electron chi connectivity index (χ2n) is 5.71. The summed E-state index contributed by atoms with van der Waals surface area (Å²) >= 11 is 3.39. The summed E-state index contributed by atoms with van der Waals surface area (Å²) in [5.74, 6) is 0.472. The topological polar surface area (TPSA) is 77.2 Å². The number of carbonyl (C=O) groups excluding carboxylic acids is 1. The van der Waals surface area contributed by atoms with E-state index in [1.807, 2.05) is 31.2 Å². The predicted octanol–water partition coefficient (Wildman–Crippen LogP) is 4.11. The van der Waals surface area contributed by atoms with E-state index in [9.17, 15) is 9.18 Å². The molecule has 0 spiro atoms. The number of carbonyl (C=O) groups is 1. The van der Waals surface area contributed by atoms with Crippen LogP contribution in [-0.4, -0.2) is 22.2 Å². The Morgan fingerprint density at radius 3 is 2.78 bits per heavy atom. The van der Waals surface area contributed by atoms with Crippen LogP contribution in [0.25, 0.3) is 11.4 Å². The van der Waals surface area contributed by atoms with Crippen LogP contribution in [0.4, 0.5) is 4.39 Å². The van der Waals surface area contributed by atoms with Gasteiger partial charge in [-0.2, -0.15) is 4.98 Å². The standard InChI is InChI=1S/C19H17BrFN3O3/c1-2-16(26-15-8-6-14(21)7-9-15)19(25)22-11-17-23-18(24-27-17)12-4-3-5-13(20)10-12/h3-10,16H,2,11H2,1H3,(H,22,25)/t16-/m1/s1. The molecule has 140 valence electrons. The Labute approximate surface area is 163 Å². The number of halogens is 2. The zero-order valence-corrected chi connectivity index (χ0v) is 16.1. The summed E-state index contributed by atoms with van der Waals surface area (Å²) in [6, 6.07) is 13.0. The van der Waals surface area contributed by atoms with Gasteiger partial charge in [0.2, 0.25) is 11.7 Å². The van der Waals surface area contributed by atoms with E-state index < -0.39 is 6.10 Å². The first-order chi connectivity index (χ1) is 13.0. The van der Waals surface area contributed by atoms with Gasteiger partial charge in [-0.05, 0) is 42.8 Å². The van der Waals surface area contributed by atoms with Crippen LogP contribution in [0, 0.1) is 5.82 Å². The molecule has 1 heterocycles. The maximum atomic E-state index is 13.0. The number of nitrogens with zero attached hydrogens (tertiary/aromatic N) is 2. The van der Waals surface area contributed by atoms with Crippen LogP contribution in [0.3, 0.4) is 0 Å². The molecule has 0 saturated heterocycles. The van der Waals surface area contributed by atoms with Crippen LogP contribution in [0.2, 0.25) is 0 Å². The smallest absolute Gasteiger partial charge is 0.261 e. The molecular formula is C19H17BrFN3O3. The van der Waals surface area contributed by atoms with Gasteiger partial charge in [0.15, 0.2) is 6.10 Å². The van der Waals surface area contributed by atoms with Crippen molar-refractivity contribution in [1.82, 2.24) is 15.5 Å². The van der Waals surface area contributed by atoms with Gasteiger partial charge in [0.1, 0.15) is 11.6 Å². The van der Waals surface area contributed by atoms with Gasteiger partial charge in [-0.15, -0.1) is 0 Å². The highest BCUT2D eigenvalue weighted by molar-refractivity contribution is 9.10. The minimum atomic E-state index is -0.706. The first-order valence-electron chi connectivity index (χ1n) is 8.33. The van der Waals surface area contributed by atoms with Gasteiger partial charge in [-0.1, -0.05) is 40.1 Å². The van der Waals surface area contributed by atoms with Crippen molar-refractivity contribution in [3.63, 3.8) is 0 Å². The molecule has 8 heteroatoms. The molecule has 2 aromatic carbocycles. The SMILES string of the molecule is CC[C@@H](Oc1ccc(F)cc1)C(=O)NCc1nc(-c2cccc(Br)c2)no1. The minimum Gasteiger partial charge on any atom is -0.481 e. The lowest BCUT2D eigenvalue weighted by Crippen LogP contribution is -2.37. The molecule has 0 radical (unpaired) electrons. The van der Waals surface area contributed by atoms with Crippen LogP contribution in [0.5, 0.6) is 5.75 Å². The Kier molecular flexibility index (Phi) is 6.18. The number of aromatic nitrogens is 2. The lowest BCUT2D eigenvalue weighted by atomic mass is 10.2. The average Bonchev–Trinajstić information content (AvgIpc) is 3.15. The summed E-state index contributed by atoms with van der Waals surface area (Å²) in [6.45, 7) is 1.91. The number of benzene rings is 2. The molecule has 0 bridgehead atoms. The van der Waals surface area contributed by atoms with Gasteiger partial charge >= 0.3 is 0 Å². The fourth-order valence-corrected chi connectivity index (χ4v) is 2.75. The lowest BCUT2D eigenvalue weighted by molar-refractivity contribution is -0.128. The summed E-state index contributed by atoms with van der Waals surface area (Å²) in [5.41, 5.74) is 0.803. The maximum absolute atomic E-state index is 13.0. The van der Waals surface area contributed by atoms with Crippen molar-refractivity contribution in [1.29, 1.82) is 0 Å². The van der Waals surface area contributed by atoms with Crippen LogP contribution >= 0.6 is 15.9 Å². The quantitative estimate of drug-likeness (QED) is 0.606. The van der Waals surface area contributed by atoms with Gasteiger partial charge in [-0.25, -0.2) is 4.39 Å². The molecule has 1 N–H and O–H groups in total. The highest BCUT2D eigenvalue weighted by Gasteiger charge is 2.19. The molecule has 0 saturated carbocycles. The molecule has 3 rings (SSSR count). The third-order valence-corrected chi connectivity index (χ3v) is 4.21. The Morgan fingerprint density at radius 1 is 1.30 bits per heavy atom. The molecule has 0 aliphatic carbocycles. The number of amides is 1. The summed E-state index contributed by atoms with van der Waals surface area (Å²) < 4.78 is 24.7. The molecule has 0 fully saturated rings. The van der Waals surface area contributed by atoms with E-state index in [2.05, 4.69) is 31.4 Å². The number of rotatable bonds is 7. The average molecular weight is 434 g/mol. The Balaban J connectivity index is 1.58. The van der Waals surface area contributed by atoms with Gasteiger partial charge in [-0.3, -0.25) is 4.79 Å². The number of hydrogen-bond donors (Lipinski definition) is 1. The summed E-state index contributed by atoms with van der Waals surface area (Å²) in [6.07, 6.45) is -0.251. The lowest BCUT2D eigenvalue weighted by Gasteiger charge is -2.16. The van der Waals surface area contributed by atoms with E-state index in [0.29, 0.717) is 18.0 Å². The third kappa shape index (κ3) is 5.13. The van der Waals surface area contributed by atoms with E-state index in [1.165, 1.54) is 24.3 Å². The molecule has 27 heavy (non-hydrogen) atoms. The fourth-order valence-electron chi connectivity index (χ4n) is 2.35. The van der Waals surface area contributed by atoms with Crippen molar-refractivity contribution in [2.75, 3.05) is 0 Å². The zero-order chi connectivity index (χ0) is 19.2. The minimum absolute atomic E-state index is 0.0864. The van der Waals surface area contributed by atoms with Crippen molar-refractivity contribution in [2.24, 2.45) is 0 Å². The van der Waals surface area contributed by atoms with Crippen LogP contribution < -0.4 is 10.1 Å². The molecule has 0 aliphatic rings. The first kappa shape index (κ1) is 19.0. The first-order valence-corrected chi connectivity index (χ1v) is 9.13. The zero-order valence-electron chi connectivity index (χ0n) is 14.5. The van der Waals surface area contributed by atoms with Gasteiger partial charge < -0.3 is 14.6 Å². The number of hydrogen-bond acceptors (Lipinski definition) is 5. The van der Waals surface area contributed by atoms with Crippen molar-refractivity contribution >= 4 is 21.8 Å². The molecule has 1 aromatic heterocycles. The van der Waals surface area contributed by atoms with Gasteiger partial charge in [0.05, 0.1) is 6.54 Å². The normalized spacial score (nSPS) is 11.8. The summed E-state index contributed by atoms with van der Waals surface area (Å²) in [7, 11) is 0.